The number of nitrogens with two attached hydrogens (primary N) is 1. The van der Waals surface area contributed by atoms with E-state index >= 15 is 0 Å². The molecule has 2 aromatic rings. The second kappa shape index (κ2) is 9.72. The van der Waals surface area contributed by atoms with E-state index in [0.29, 0.717) is 5.69 Å². The lowest BCUT2D eigenvalue weighted by Crippen LogP contribution is -2.29. The van der Waals surface area contributed by atoms with E-state index in [1.54, 1.807) is 12.1 Å². The van der Waals surface area contributed by atoms with Gasteiger partial charge in [-0.3, -0.25) is 4.79 Å². The molecule has 0 aliphatic carbocycles. The predicted molar refractivity (Wildman–Crippen MR) is 107 cm³/mol. The molecule has 0 bridgehead atoms. The summed E-state index contributed by atoms with van der Waals surface area (Å²) in [7, 11) is -3.63. The zero-order valence-corrected chi connectivity index (χ0v) is 16.1. The van der Waals surface area contributed by atoms with Crippen molar-refractivity contribution >= 4 is 33.4 Å². The number of hydrogen-bond acceptors (Lipinski definition) is 5. The molecule has 0 aromatic heterocycles. The summed E-state index contributed by atoms with van der Waals surface area (Å²) in [6.07, 6.45) is 0. The van der Waals surface area contributed by atoms with E-state index in [1.807, 2.05) is 37.3 Å². The summed E-state index contributed by atoms with van der Waals surface area (Å²) in [5.41, 5.74) is 6.92. The molecule has 0 fully saturated rings. The molecule has 1 atom stereocenters. The summed E-state index contributed by atoms with van der Waals surface area (Å²) in [6.45, 7) is 2.20. The highest BCUT2D eigenvalue weighted by Crippen LogP contribution is 2.20. The minimum absolute atomic E-state index is 0.0911. The molecular weight excluding hydrogens is 370 g/mol. The highest BCUT2D eigenvalue weighted by Gasteiger charge is 2.16. The molecule has 140 valence electrons. The maximum absolute atomic E-state index is 12.4. The van der Waals surface area contributed by atoms with Crippen molar-refractivity contribution in [3.63, 3.8) is 0 Å². The van der Waals surface area contributed by atoms with Gasteiger partial charge in [0, 0.05) is 24.5 Å². The number of benzene rings is 2. The number of carbonyl (C=O) groups is 1. The minimum Gasteiger partial charge on any atom is -0.329 e. The molecule has 1 amide bonds. The summed E-state index contributed by atoms with van der Waals surface area (Å²) in [6, 6.07) is 16.1. The van der Waals surface area contributed by atoms with Gasteiger partial charge in [0.05, 0.1) is 10.1 Å². The fraction of sp³-hybridized carbons (Fsp3) is 0.278. The molecule has 2 rings (SSSR count). The van der Waals surface area contributed by atoms with E-state index in [-0.39, 0.29) is 29.1 Å². The Morgan fingerprint density at radius 2 is 1.88 bits per heavy atom. The maximum Gasteiger partial charge on any atom is 0.240 e. The second-order valence-electron chi connectivity index (χ2n) is 5.64. The van der Waals surface area contributed by atoms with Crippen molar-refractivity contribution in [1.29, 1.82) is 0 Å². The van der Waals surface area contributed by atoms with Gasteiger partial charge < -0.3 is 11.1 Å². The number of hydrogen-bond donors (Lipinski definition) is 3. The van der Waals surface area contributed by atoms with Gasteiger partial charge in [0.1, 0.15) is 0 Å². The van der Waals surface area contributed by atoms with Crippen LogP contribution in [0.1, 0.15) is 12.5 Å². The van der Waals surface area contributed by atoms with E-state index < -0.39 is 10.0 Å². The largest absolute Gasteiger partial charge is 0.329 e. The lowest BCUT2D eigenvalue weighted by atomic mass is 10.2. The SMILES string of the molecule is CC(SCc1ccccc1)C(=O)Nc1cccc(S(=O)(=O)NCCN)c1. The summed E-state index contributed by atoms with van der Waals surface area (Å²) in [5, 5.41) is 2.50. The first-order chi connectivity index (χ1) is 12.4. The molecule has 6 nitrogen and oxygen atoms in total. The number of nitrogens with one attached hydrogen (secondary N) is 2. The van der Waals surface area contributed by atoms with Crippen molar-refractivity contribution in [2.75, 3.05) is 18.4 Å². The van der Waals surface area contributed by atoms with E-state index in [9.17, 15) is 13.2 Å². The van der Waals surface area contributed by atoms with Crippen LogP contribution in [-0.4, -0.2) is 32.7 Å². The second-order valence-corrected chi connectivity index (χ2v) is 8.74. The van der Waals surface area contributed by atoms with Crippen molar-refractivity contribution in [3.8, 4) is 0 Å². The van der Waals surface area contributed by atoms with Crippen molar-refractivity contribution in [1.82, 2.24) is 4.72 Å². The van der Waals surface area contributed by atoms with Crippen molar-refractivity contribution < 1.29 is 13.2 Å². The zero-order chi connectivity index (χ0) is 19.0. The summed E-state index contributed by atoms with van der Waals surface area (Å²) in [4.78, 5) is 12.4. The Morgan fingerprint density at radius 1 is 1.15 bits per heavy atom. The molecule has 0 aliphatic rings. The van der Waals surface area contributed by atoms with Gasteiger partial charge in [-0.05, 0) is 30.7 Å². The van der Waals surface area contributed by atoms with Gasteiger partial charge >= 0.3 is 0 Å². The molecule has 0 saturated carbocycles. The Balaban J connectivity index is 1.97. The third kappa shape index (κ3) is 6.14. The van der Waals surface area contributed by atoms with E-state index in [2.05, 4.69) is 10.0 Å². The van der Waals surface area contributed by atoms with Gasteiger partial charge in [-0.1, -0.05) is 36.4 Å². The number of anilines is 1. The first kappa shape index (κ1) is 20.4. The topological polar surface area (TPSA) is 101 Å². The molecule has 2 aromatic carbocycles. The number of sulfonamides is 1. The lowest BCUT2D eigenvalue weighted by Gasteiger charge is -2.13. The van der Waals surface area contributed by atoms with E-state index in [4.69, 9.17) is 5.73 Å². The molecule has 0 radical (unpaired) electrons. The molecule has 4 N–H and O–H groups in total. The first-order valence-electron chi connectivity index (χ1n) is 8.18. The molecule has 8 heteroatoms. The van der Waals surface area contributed by atoms with Gasteiger partial charge in [-0.25, -0.2) is 13.1 Å². The van der Waals surface area contributed by atoms with Crippen LogP contribution in [0.5, 0.6) is 0 Å². The van der Waals surface area contributed by atoms with Crippen LogP contribution in [-0.2, 0) is 20.6 Å². The Labute approximate surface area is 158 Å². The molecule has 26 heavy (non-hydrogen) atoms. The van der Waals surface area contributed by atoms with Crippen LogP contribution in [0, 0.1) is 0 Å². The third-order valence-electron chi connectivity index (χ3n) is 3.56. The molecule has 0 spiro atoms. The summed E-state index contributed by atoms with van der Waals surface area (Å²) >= 11 is 1.52. The van der Waals surface area contributed by atoms with Crippen LogP contribution >= 0.6 is 11.8 Å². The fourth-order valence-corrected chi connectivity index (χ4v) is 4.07. The average molecular weight is 394 g/mol. The van der Waals surface area contributed by atoms with Crippen LogP contribution in [0.25, 0.3) is 0 Å². The molecular formula is C18H23N3O3S2. The Kier molecular flexibility index (Phi) is 7.65. The standard InChI is InChI=1S/C18H23N3O3S2/c1-14(25-13-15-6-3-2-4-7-15)18(22)21-16-8-5-9-17(12-16)26(23,24)20-11-10-19/h2-9,12,14,20H,10-11,13,19H2,1H3,(H,21,22). The van der Waals surface area contributed by atoms with E-state index in [0.717, 1.165) is 11.3 Å². The number of thioether (sulfide) groups is 1. The minimum atomic E-state index is -3.63. The van der Waals surface area contributed by atoms with Crippen LogP contribution in [0.3, 0.4) is 0 Å². The van der Waals surface area contributed by atoms with Crippen molar-refractivity contribution in [3.05, 3.63) is 60.2 Å². The Bertz CT molecular complexity index is 827. The van der Waals surface area contributed by atoms with Crippen LogP contribution in [0.15, 0.2) is 59.5 Å². The molecule has 1 unspecified atom stereocenters. The molecule has 0 heterocycles. The number of rotatable bonds is 9. The molecule has 0 aliphatic heterocycles. The van der Waals surface area contributed by atoms with E-state index in [1.165, 1.54) is 23.9 Å². The van der Waals surface area contributed by atoms with Crippen LogP contribution < -0.4 is 15.8 Å². The Morgan fingerprint density at radius 3 is 2.58 bits per heavy atom. The number of carbonyl (C=O) groups excluding carboxylic acids is 1. The van der Waals surface area contributed by atoms with Crippen LogP contribution in [0.2, 0.25) is 0 Å². The van der Waals surface area contributed by atoms with Crippen molar-refractivity contribution in [2.45, 2.75) is 22.8 Å². The van der Waals surface area contributed by atoms with Gasteiger partial charge in [0.2, 0.25) is 15.9 Å². The lowest BCUT2D eigenvalue weighted by molar-refractivity contribution is -0.115. The highest BCUT2D eigenvalue weighted by molar-refractivity contribution is 7.99. The first-order valence-corrected chi connectivity index (χ1v) is 10.7. The number of amides is 1. The zero-order valence-electron chi connectivity index (χ0n) is 14.5. The summed E-state index contributed by atoms with van der Waals surface area (Å²) in [5.74, 6) is 0.558. The Hall–Kier alpha value is -1.87. The molecule has 0 saturated heterocycles. The van der Waals surface area contributed by atoms with Gasteiger partial charge in [-0.15, -0.1) is 11.8 Å². The van der Waals surface area contributed by atoms with Gasteiger partial charge in [0.25, 0.3) is 0 Å². The monoisotopic (exact) mass is 393 g/mol. The highest BCUT2D eigenvalue weighted by atomic mass is 32.2. The van der Waals surface area contributed by atoms with Gasteiger partial charge in [-0.2, -0.15) is 0 Å². The van der Waals surface area contributed by atoms with Gasteiger partial charge in [0.15, 0.2) is 0 Å². The van der Waals surface area contributed by atoms with Crippen LogP contribution in [0.4, 0.5) is 5.69 Å². The predicted octanol–water partition coefficient (Wildman–Crippen LogP) is 2.18. The average Bonchev–Trinajstić information content (AvgIpc) is 2.65. The smallest absolute Gasteiger partial charge is 0.240 e. The fourth-order valence-electron chi connectivity index (χ4n) is 2.13. The third-order valence-corrected chi connectivity index (χ3v) is 6.23. The quantitative estimate of drug-likeness (QED) is 0.606. The van der Waals surface area contributed by atoms with Crippen molar-refractivity contribution in [2.24, 2.45) is 5.73 Å². The summed E-state index contributed by atoms with van der Waals surface area (Å²) < 4.78 is 26.7. The maximum atomic E-state index is 12.4. The normalized spacial score (nSPS) is 12.5.